The molecule has 1 aromatic carbocycles. The summed E-state index contributed by atoms with van der Waals surface area (Å²) < 4.78 is 12.6. The molecule has 0 aliphatic carbocycles. The van der Waals surface area contributed by atoms with E-state index in [2.05, 4.69) is 5.32 Å². The highest BCUT2D eigenvalue weighted by atomic mass is 32.2. The Morgan fingerprint density at radius 3 is 2.65 bits per heavy atom. The summed E-state index contributed by atoms with van der Waals surface area (Å²) in [6, 6.07) is 6.16. The van der Waals surface area contributed by atoms with Crippen LogP contribution in [-0.2, 0) is 11.2 Å². The fourth-order valence-corrected chi connectivity index (χ4v) is 1.58. The molecular formula is C11H14FN3OS. The van der Waals surface area contributed by atoms with Gasteiger partial charge < -0.3 is 11.1 Å². The van der Waals surface area contributed by atoms with Crippen molar-refractivity contribution in [1.82, 2.24) is 5.32 Å². The van der Waals surface area contributed by atoms with Gasteiger partial charge in [-0.1, -0.05) is 23.9 Å². The van der Waals surface area contributed by atoms with E-state index in [0.717, 1.165) is 17.3 Å². The van der Waals surface area contributed by atoms with E-state index in [1.165, 1.54) is 12.1 Å². The van der Waals surface area contributed by atoms with Crippen LogP contribution in [0.5, 0.6) is 0 Å². The van der Waals surface area contributed by atoms with Gasteiger partial charge in [0.1, 0.15) is 5.82 Å². The molecule has 0 aromatic heterocycles. The lowest BCUT2D eigenvalue weighted by molar-refractivity contribution is -0.118. The van der Waals surface area contributed by atoms with Crippen molar-refractivity contribution in [2.24, 2.45) is 5.73 Å². The Hall–Kier alpha value is -1.56. The van der Waals surface area contributed by atoms with Gasteiger partial charge in [0, 0.05) is 6.54 Å². The number of nitrogens with one attached hydrogen (secondary N) is 2. The standard InChI is InChI=1S/C11H14FN3OS/c12-9-3-1-8(2-4-9)5-6-15-10(16)7-17-11(13)14/h1-4H,5-7H2,(H3,13,14)(H,15,16). The maximum absolute atomic E-state index is 12.6. The van der Waals surface area contributed by atoms with Gasteiger partial charge in [-0.2, -0.15) is 0 Å². The van der Waals surface area contributed by atoms with Gasteiger partial charge in [0.15, 0.2) is 5.17 Å². The van der Waals surface area contributed by atoms with E-state index in [1.807, 2.05) is 0 Å². The van der Waals surface area contributed by atoms with E-state index in [-0.39, 0.29) is 22.6 Å². The second kappa shape index (κ2) is 6.90. The minimum Gasteiger partial charge on any atom is -0.379 e. The average molecular weight is 255 g/mol. The maximum Gasteiger partial charge on any atom is 0.230 e. The van der Waals surface area contributed by atoms with Crippen molar-refractivity contribution in [2.75, 3.05) is 12.3 Å². The molecule has 0 saturated heterocycles. The van der Waals surface area contributed by atoms with Crippen LogP contribution in [0.15, 0.2) is 24.3 Å². The molecule has 4 nitrogen and oxygen atoms in total. The summed E-state index contributed by atoms with van der Waals surface area (Å²) >= 11 is 0.987. The average Bonchev–Trinajstić information content (AvgIpc) is 2.29. The lowest BCUT2D eigenvalue weighted by Crippen LogP contribution is -2.28. The minimum absolute atomic E-state index is 0.0707. The van der Waals surface area contributed by atoms with Crippen molar-refractivity contribution in [3.8, 4) is 0 Å². The van der Waals surface area contributed by atoms with Gasteiger partial charge >= 0.3 is 0 Å². The van der Waals surface area contributed by atoms with Gasteiger partial charge in [-0.3, -0.25) is 10.2 Å². The van der Waals surface area contributed by atoms with Crippen molar-refractivity contribution in [2.45, 2.75) is 6.42 Å². The molecule has 1 aromatic rings. The predicted molar refractivity (Wildman–Crippen MR) is 67.5 cm³/mol. The second-order valence-electron chi connectivity index (χ2n) is 3.38. The summed E-state index contributed by atoms with van der Waals surface area (Å²) in [7, 11) is 0. The van der Waals surface area contributed by atoms with Gasteiger partial charge in [-0.05, 0) is 24.1 Å². The number of hydrogen-bond donors (Lipinski definition) is 3. The number of hydrogen-bond acceptors (Lipinski definition) is 3. The van der Waals surface area contributed by atoms with Gasteiger partial charge in [0.2, 0.25) is 5.91 Å². The molecule has 0 aliphatic rings. The summed E-state index contributed by atoms with van der Waals surface area (Å²) in [4.78, 5) is 11.2. The molecule has 4 N–H and O–H groups in total. The van der Waals surface area contributed by atoms with Gasteiger partial charge in [0.25, 0.3) is 0 Å². The molecule has 92 valence electrons. The molecule has 0 unspecified atom stereocenters. The van der Waals surface area contributed by atoms with Crippen LogP contribution in [0.1, 0.15) is 5.56 Å². The fraction of sp³-hybridized carbons (Fsp3) is 0.273. The normalized spacial score (nSPS) is 9.94. The summed E-state index contributed by atoms with van der Waals surface area (Å²) in [5, 5.41) is 9.57. The lowest BCUT2D eigenvalue weighted by atomic mass is 10.1. The van der Waals surface area contributed by atoms with Gasteiger partial charge in [0.05, 0.1) is 5.75 Å². The van der Waals surface area contributed by atoms with E-state index in [0.29, 0.717) is 13.0 Å². The molecule has 0 aliphatic heterocycles. The van der Waals surface area contributed by atoms with E-state index >= 15 is 0 Å². The summed E-state index contributed by atoms with van der Waals surface area (Å²) in [6.45, 7) is 0.489. The van der Waals surface area contributed by atoms with Crippen molar-refractivity contribution in [3.63, 3.8) is 0 Å². The van der Waals surface area contributed by atoms with Crippen LogP contribution < -0.4 is 11.1 Å². The molecule has 1 rings (SSSR count). The Balaban J connectivity index is 2.21. The summed E-state index contributed by atoms with van der Waals surface area (Å²) in [5.74, 6) is -0.276. The Morgan fingerprint density at radius 1 is 1.41 bits per heavy atom. The third kappa shape index (κ3) is 5.91. The van der Waals surface area contributed by atoms with E-state index in [9.17, 15) is 9.18 Å². The Labute approximate surface area is 103 Å². The highest BCUT2D eigenvalue weighted by molar-refractivity contribution is 8.14. The van der Waals surface area contributed by atoms with Gasteiger partial charge in [-0.15, -0.1) is 0 Å². The van der Waals surface area contributed by atoms with Crippen molar-refractivity contribution < 1.29 is 9.18 Å². The number of halogens is 1. The molecule has 0 saturated carbocycles. The topological polar surface area (TPSA) is 79.0 Å². The van der Waals surface area contributed by atoms with Gasteiger partial charge in [-0.25, -0.2) is 4.39 Å². The summed E-state index contributed by atoms with van der Waals surface area (Å²) in [5.41, 5.74) is 6.07. The number of carbonyl (C=O) groups excluding carboxylic acids is 1. The molecule has 0 heterocycles. The van der Waals surface area contributed by atoms with Crippen LogP contribution in [0.4, 0.5) is 4.39 Å². The number of amides is 1. The Morgan fingerprint density at radius 2 is 2.06 bits per heavy atom. The molecule has 0 atom stereocenters. The number of carbonyl (C=O) groups is 1. The first kappa shape index (κ1) is 13.5. The van der Waals surface area contributed by atoms with Crippen LogP contribution in [0, 0.1) is 11.2 Å². The van der Waals surface area contributed by atoms with Crippen molar-refractivity contribution >= 4 is 22.8 Å². The highest BCUT2D eigenvalue weighted by Gasteiger charge is 2.02. The van der Waals surface area contributed by atoms with Crippen molar-refractivity contribution in [1.29, 1.82) is 5.41 Å². The van der Waals surface area contributed by atoms with Crippen molar-refractivity contribution in [3.05, 3.63) is 35.6 Å². The largest absolute Gasteiger partial charge is 0.379 e. The Kier molecular flexibility index (Phi) is 5.48. The zero-order chi connectivity index (χ0) is 12.7. The molecule has 0 fully saturated rings. The van der Waals surface area contributed by atoms with Crippen LogP contribution in [0.2, 0.25) is 0 Å². The molecular weight excluding hydrogens is 241 g/mol. The zero-order valence-corrected chi connectivity index (χ0v) is 10.0. The second-order valence-corrected chi connectivity index (χ2v) is 4.40. The Bertz CT molecular complexity index is 394. The van der Waals surface area contributed by atoms with E-state index in [1.54, 1.807) is 12.1 Å². The monoisotopic (exact) mass is 255 g/mol. The molecule has 6 heteroatoms. The third-order valence-electron chi connectivity index (χ3n) is 2.01. The summed E-state index contributed by atoms with van der Waals surface area (Å²) in [6.07, 6.45) is 0.650. The number of thioether (sulfide) groups is 1. The first-order valence-corrected chi connectivity index (χ1v) is 6.04. The molecule has 0 spiro atoms. The quantitative estimate of drug-likeness (QED) is 0.545. The number of amidine groups is 1. The zero-order valence-electron chi connectivity index (χ0n) is 9.20. The predicted octanol–water partition coefficient (Wildman–Crippen LogP) is 1.11. The number of nitrogens with two attached hydrogens (primary N) is 1. The third-order valence-corrected chi connectivity index (χ3v) is 2.73. The number of benzene rings is 1. The lowest BCUT2D eigenvalue weighted by Gasteiger charge is -2.04. The SMILES string of the molecule is N=C(N)SCC(=O)NCCc1ccc(F)cc1. The molecule has 0 radical (unpaired) electrons. The smallest absolute Gasteiger partial charge is 0.230 e. The van der Waals surface area contributed by atoms with E-state index < -0.39 is 0 Å². The minimum atomic E-state index is -0.268. The molecule has 17 heavy (non-hydrogen) atoms. The maximum atomic E-state index is 12.6. The number of rotatable bonds is 5. The molecule has 0 bridgehead atoms. The fourth-order valence-electron chi connectivity index (χ4n) is 1.19. The van der Waals surface area contributed by atoms with Crippen LogP contribution in [0.3, 0.4) is 0 Å². The first-order valence-electron chi connectivity index (χ1n) is 5.06. The van der Waals surface area contributed by atoms with E-state index in [4.69, 9.17) is 11.1 Å². The first-order chi connectivity index (χ1) is 8.08. The highest BCUT2D eigenvalue weighted by Crippen LogP contribution is 2.03. The van der Waals surface area contributed by atoms with Crippen LogP contribution in [0.25, 0.3) is 0 Å². The van der Waals surface area contributed by atoms with Crippen LogP contribution in [-0.4, -0.2) is 23.4 Å². The molecule has 1 amide bonds. The van der Waals surface area contributed by atoms with Crippen LogP contribution >= 0.6 is 11.8 Å².